The van der Waals surface area contributed by atoms with Gasteiger partial charge in [0, 0.05) is 45.7 Å². The average molecular weight is 771 g/mol. The number of allylic oxidation sites excluding steroid dienone is 15. The Morgan fingerprint density at radius 2 is 1.56 bits per heavy atom. The van der Waals surface area contributed by atoms with Crippen molar-refractivity contribution in [3.63, 3.8) is 0 Å². The zero-order valence-electron chi connectivity index (χ0n) is 33.8. The van der Waals surface area contributed by atoms with Crippen LogP contribution in [0.5, 0.6) is 0 Å². The predicted octanol–water partition coefficient (Wildman–Crippen LogP) is 12.8. The first-order chi connectivity index (χ1) is 28.3. The van der Waals surface area contributed by atoms with Crippen LogP contribution in [0.1, 0.15) is 107 Å². The van der Waals surface area contributed by atoms with Crippen LogP contribution in [0.3, 0.4) is 0 Å². The normalized spacial score (nSPS) is 41.7. The molecule has 10 aliphatic carbocycles. The monoisotopic (exact) mass is 770 g/mol. The lowest BCUT2D eigenvalue weighted by Crippen LogP contribution is -2.50. The Hall–Kier alpha value is -3.43. The van der Waals surface area contributed by atoms with Gasteiger partial charge in [-0.1, -0.05) is 129 Å². The third-order valence-corrected chi connectivity index (χ3v) is 19.0. The van der Waals surface area contributed by atoms with Gasteiger partial charge in [-0.2, -0.15) is 0 Å². The summed E-state index contributed by atoms with van der Waals surface area (Å²) in [5.41, 5.74) is 7.97. The van der Waals surface area contributed by atoms with Crippen molar-refractivity contribution in [2.75, 3.05) is 4.90 Å². The smallest absolute Gasteiger partial charge is 0.0557 e. The summed E-state index contributed by atoms with van der Waals surface area (Å²) in [4.78, 5) is 5.87. The fraction of sp³-hybridized carbons (Fsp3) is 0.519. The second-order valence-corrected chi connectivity index (χ2v) is 21.0. The van der Waals surface area contributed by atoms with Crippen molar-refractivity contribution in [3.8, 4) is 0 Å². The van der Waals surface area contributed by atoms with Gasteiger partial charge in [-0.25, -0.2) is 0 Å². The van der Waals surface area contributed by atoms with Gasteiger partial charge >= 0.3 is 0 Å². The van der Waals surface area contributed by atoms with E-state index in [0.29, 0.717) is 64.8 Å². The number of anilines is 1. The van der Waals surface area contributed by atoms with E-state index in [2.05, 4.69) is 149 Å². The molecule has 1 spiro atoms. The number of fused-ring (bicyclic) bond motifs is 13. The summed E-state index contributed by atoms with van der Waals surface area (Å²) < 4.78 is 0. The van der Waals surface area contributed by atoms with E-state index in [9.17, 15) is 0 Å². The summed E-state index contributed by atoms with van der Waals surface area (Å²) >= 11 is 2.34. The molecule has 4 fully saturated rings. The van der Waals surface area contributed by atoms with Crippen molar-refractivity contribution in [2.24, 2.45) is 41.4 Å². The zero-order chi connectivity index (χ0) is 37.5. The lowest BCUT2D eigenvalue weighted by Gasteiger charge is -2.49. The van der Waals surface area contributed by atoms with Crippen molar-refractivity contribution in [2.45, 2.75) is 130 Å². The molecule has 3 heteroatoms. The molecule has 1 aromatic rings. The first-order valence-corrected chi connectivity index (χ1v) is 24.4. The maximum Gasteiger partial charge on any atom is 0.0557 e. The van der Waals surface area contributed by atoms with Crippen LogP contribution >= 0.6 is 11.8 Å². The fourth-order valence-corrected chi connectivity index (χ4v) is 17.2. The van der Waals surface area contributed by atoms with Gasteiger partial charge in [0.1, 0.15) is 0 Å². The Morgan fingerprint density at radius 3 is 2.46 bits per heavy atom. The highest BCUT2D eigenvalue weighted by Gasteiger charge is 2.68. The molecule has 1 aliphatic heterocycles. The summed E-state index contributed by atoms with van der Waals surface area (Å²) in [5, 5.41) is 1.36. The molecule has 2 nitrogen and oxygen atoms in total. The van der Waals surface area contributed by atoms with Crippen LogP contribution in [0.25, 0.3) is 0 Å². The van der Waals surface area contributed by atoms with Crippen molar-refractivity contribution in [3.05, 3.63) is 150 Å². The number of hydrogen-bond donors (Lipinski definition) is 0. The molecular weight excluding hydrogens is 709 g/mol. The molecule has 294 valence electrons. The van der Waals surface area contributed by atoms with E-state index in [-0.39, 0.29) is 5.41 Å². The van der Waals surface area contributed by atoms with Crippen molar-refractivity contribution < 1.29 is 0 Å². The third kappa shape index (κ3) is 5.41. The van der Waals surface area contributed by atoms with Crippen LogP contribution < -0.4 is 4.90 Å². The molecule has 12 rings (SSSR count). The van der Waals surface area contributed by atoms with E-state index in [1.54, 1.807) is 16.8 Å². The molecule has 11 aliphatic rings. The van der Waals surface area contributed by atoms with E-state index in [0.717, 1.165) is 17.6 Å². The Balaban J connectivity index is 1.01. The maximum absolute atomic E-state index is 3.03. The first-order valence-electron chi connectivity index (χ1n) is 23.4. The minimum atomic E-state index is 0.0824. The van der Waals surface area contributed by atoms with Crippen LogP contribution in [-0.2, 0) is 5.41 Å². The van der Waals surface area contributed by atoms with Gasteiger partial charge in [0.25, 0.3) is 0 Å². The minimum Gasteiger partial charge on any atom is -0.365 e. The Bertz CT molecular complexity index is 2060. The highest BCUT2D eigenvalue weighted by atomic mass is 32.2. The van der Waals surface area contributed by atoms with Crippen LogP contribution in [-0.4, -0.2) is 33.5 Å². The van der Waals surface area contributed by atoms with Crippen molar-refractivity contribution in [1.29, 1.82) is 0 Å². The Kier molecular flexibility index (Phi) is 8.96. The maximum atomic E-state index is 3.03. The van der Waals surface area contributed by atoms with Crippen molar-refractivity contribution in [1.82, 2.24) is 4.90 Å². The van der Waals surface area contributed by atoms with Crippen LogP contribution in [0, 0.1) is 41.4 Å². The summed E-state index contributed by atoms with van der Waals surface area (Å²) in [7, 11) is 0. The highest BCUT2D eigenvalue weighted by Crippen LogP contribution is 2.71. The van der Waals surface area contributed by atoms with Gasteiger partial charge in [-0.3, -0.25) is 0 Å². The van der Waals surface area contributed by atoms with Gasteiger partial charge in [0.2, 0.25) is 0 Å². The van der Waals surface area contributed by atoms with Gasteiger partial charge in [-0.15, -0.1) is 11.8 Å². The van der Waals surface area contributed by atoms with Crippen molar-refractivity contribution >= 4 is 17.4 Å². The zero-order valence-corrected chi connectivity index (χ0v) is 34.6. The molecular formula is C54H62N2S. The summed E-state index contributed by atoms with van der Waals surface area (Å²) in [6.07, 6.45) is 63.8. The van der Waals surface area contributed by atoms with Crippen LogP contribution in [0.2, 0.25) is 0 Å². The predicted molar refractivity (Wildman–Crippen MR) is 240 cm³/mol. The molecule has 0 bridgehead atoms. The molecule has 1 saturated heterocycles. The lowest BCUT2D eigenvalue weighted by atomic mass is 9.57. The average Bonchev–Trinajstić information content (AvgIpc) is 4.06. The van der Waals surface area contributed by atoms with Gasteiger partial charge in [0.15, 0.2) is 0 Å². The van der Waals surface area contributed by atoms with Crippen LogP contribution in [0.15, 0.2) is 139 Å². The van der Waals surface area contributed by atoms with E-state index >= 15 is 0 Å². The first kappa shape index (κ1) is 35.5. The fourth-order valence-electron chi connectivity index (χ4n) is 15.2. The molecule has 11 unspecified atom stereocenters. The van der Waals surface area contributed by atoms with Gasteiger partial charge in [-0.05, 0) is 141 Å². The molecule has 3 saturated carbocycles. The largest absolute Gasteiger partial charge is 0.365 e. The number of nitrogens with zero attached hydrogens (tertiary/aromatic N) is 2. The highest BCUT2D eigenvalue weighted by molar-refractivity contribution is 8.01. The molecule has 1 heterocycles. The number of hydrogen-bond acceptors (Lipinski definition) is 3. The molecule has 0 aromatic heterocycles. The minimum absolute atomic E-state index is 0.0824. The van der Waals surface area contributed by atoms with E-state index in [4.69, 9.17) is 0 Å². The SMILES string of the molecule is C1=CC[C@@H](N(C2=CC=CC3C2SC2CCCCC23)c2ccc3c(c2)[C@]2(C4C=CC=CC4C4C(N(C5=CCCC=C5)C5CCCC5)CC=CC42)C2CCC=CC32)C=C1. The molecule has 0 radical (unpaired) electrons. The quantitative estimate of drug-likeness (QED) is 0.266. The molecule has 0 N–H and O–H groups in total. The lowest BCUT2D eigenvalue weighted by molar-refractivity contribution is 0.0906. The molecule has 13 atom stereocenters. The Labute approximate surface area is 347 Å². The number of rotatable bonds is 6. The standard InChI is InChI=1S/C54H62N2S/c1-3-17-36(18-4-1)55(37-21-7-8-22-37)49-30-16-29-47-52(49)44-25-10-13-28-46(44)54(47)45-27-12-9-23-40(45)41-34-33-39(35-48(41)54)56(38-19-5-2-6-20-38)50-31-15-26-43-42-24-11-14-32-51(42)57-53(43)50/h2-3,5-6,9-10,13,15-19,23,25-26,28-29,31,33-35,37-38,40,42-47,49,51-53H,1,4,7-8,11-12,14,20-22,24,27,30,32H2/t38-,40?,42?,43?,44?,45?,46?,47?,49?,51?,52?,53?,54-/m0/s1. The van der Waals surface area contributed by atoms with Gasteiger partial charge < -0.3 is 9.80 Å². The molecule has 1 aromatic carbocycles. The topological polar surface area (TPSA) is 6.48 Å². The third-order valence-electron chi connectivity index (χ3n) is 17.2. The van der Waals surface area contributed by atoms with Gasteiger partial charge in [0.05, 0.1) is 11.3 Å². The summed E-state index contributed by atoms with van der Waals surface area (Å²) in [6.45, 7) is 0. The van der Waals surface area contributed by atoms with E-state index < -0.39 is 0 Å². The molecule has 57 heavy (non-hydrogen) atoms. The molecule has 0 amide bonds. The number of benzene rings is 1. The second-order valence-electron chi connectivity index (χ2n) is 19.6. The number of thioether (sulfide) groups is 1. The van der Waals surface area contributed by atoms with E-state index in [1.807, 2.05) is 0 Å². The van der Waals surface area contributed by atoms with E-state index in [1.165, 1.54) is 94.9 Å². The summed E-state index contributed by atoms with van der Waals surface area (Å²) in [6, 6.07) is 9.56. The summed E-state index contributed by atoms with van der Waals surface area (Å²) in [5.74, 6) is 4.83. The van der Waals surface area contributed by atoms with Crippen LogP contribution in [0.4, 0.5) is 5.69 Å². The second kappa shape index (κ2) is 14.4. The Morgan fingerprint density at radius 1 is 0.684 bits per heavy atom.